The quantitative estimate of drug-likeness (QED) is 0.541. The number of nitrogens with one attached hydrogen (secondary N) is 2. The van der Waals surface area contributed by atoms with Gasteiger partial charge in [0.05, 0.1) is 17.1 Å². The van der Waals surface area contributed by atoms with Gasteiger partial charge in [-0.1, -0.05) is 23.8 Å². The molecule has 0 aliphatic rings. The zero-order valence-electron chi connectivity index (χ0n) is 16.8. The van der Waals surface area contributed by atoms with Gasteiger partial charge in [0.1, 0.15) is 0 Å². The summed E-state index contributed by atoms with van der Waals surface area (Å²) in [6.07, 6.45) is 3.35. The Morgan fingerprint density at radius 3 is 2.62 bits per heavy atom. The number of hydrogen-bond donors (Lipinski definition) is 2. The molecular formula is C22H23N3O2S2. The lowest BCUT2D eigenvalue weighted by atomic mass is 10.1. The molecule has 0 aliphatic carbocycles. The van der Waals surface area contributed by atoms with Crippen LogP contribution in [0.15, 0.2) is 36.4 Å². The Kier molecular flexibility index (Phi) is 6.61. The number of anilines is 1. The molecule has 0 fully saturated rings. The molecule has 0 radical (unpaired) electrons. The second kappa shape index (κ2) is 9.15. The molecule has 5 nitrogen and oxygen atoms in total. The minimum Gasteiger partial charge on any atom is -0.351 e. The number of nitrogens with zero attached hydrogens (tertiary/aromatic N) is 1. The third-order valence-corrected chi connectivity index (χ3v) is 6.25. The van der Waals surface area contributed by atoms with E-state index in [9.17, 15) is 9.59 Å². The zero-order chi connectivity index (χ0) is 21.0. The molecule has 1 aromatic carbocycles. The zero-order valence-corrected chi connectivity index (χ0v) is 18.5. The van der Waals surface area contributed by atoms with Crippen LogP contribution >= 0.6 is 22.7 Å². The summed E-state index contributed by atoms with van der Waals surface area (Å²) in [7, 11) is 0. The first-order valence-electron chi connectivity index (χ1n) is 9.19. The SMILES string of the molecule is CC(=O)NCc1ccc(-c2nc(NC(=O)/C=C/c3ccc(C)cc3C)sc2C)s1. The van der Waals surface area contributed by atoms with Gasteiger partial charge in [-0.05, 0) is 50.1 Å². The number of thiazole rings is 1. The molecule has 0 aliphatic heterocycles. The van der Waals surface area contributed by atoms with Crippen molar-refractivity contribution in [2.45, 2.75) is 34.2 Å². The number of aromatic nitrogens is 1. The van der Waals surface area contributed by atoms with E-state index in [0.717, 1.165) is 31.5 Å². The van der Waals surface area contributed by atoms with Crippen LogP contribution in [0.2, 0.25) is 0 Å². The Balaban J connectivity index is 1.67. The highest BCUT2D eigenvalue weighted by molar-refractivity contribution is 7.18. The Hall–Kier alpha value is -2.77. The van der Waals surface area contributed by atoms with Crippen LogP contribution in [0.4, 0.5) is 5.13 Å². The Labute approximate surface area is 178 Å². The number of thiophene rings is 1. The molecule has 0 saturated heterocycles. The Morgan fingerprint density at radius 1 is 1.10 bits per heavy atom. The second-order valence-corrected chi connectivity index (χ2v) is 9.15. The van der Waals surface area contributed by atoms with Gasteiger partial charge in [-0.2, -0.15) is 0 Å². The van der Waals surface area contributed by atoms with Crippen molar-refractivity contribution >= 4 is 45.7 Å². The molecule has 3 aromatic rings. The highest BCUT2D eigenvalue weighted by atomic mass is 32.1. The lowest BCUT2D eigenvalue weighted by Crippen LogP contribution is -2.17. The van der Waals surface area contributed by atoms with Crippen molar-refractivity contribution in [3.05, 3.63) is 62.9 Å². The number of benzene rings is 1. The maximum absolute atomic E-state index is 12.3. The maximum atomic E-state index is 12.3. The van der Waals surface area contributed by atoms with Crippen molar-refractivity contribution in [1.29, 1.82) is 0 Å². The third kappa shape index (κ3) is 5.62. The number of carbonyl (C=O) groups excluding carboxylic acids is 2. The van der Waals surface area contributed by atoms with Gasteiger partial charge in [-0.3, -0.25) is 14.9 Å². The molecule has 150 valence electrons. The van der Waals surface area contributed by atoms with Crippen molar-refractivity contribution in [3.8, 4) is 10.6 Å². The van der Waals surface area contributed by atoms with Crippen LogP contribution in [0, 0.1) is 20.8 Å². The van der Waals surface area contributed by atoms with E-state index in [0.29, 0.717) is 11.7 Å². The van der Waals surface area contributed by atoms with Crippen molar-refractivity contribution in [2.24, 2.45) is 0 Å². The molecule has 0 spiro atoms. The highest BCUT2D eigenvalue weighted by Crippen LogP contribution is 2.34. The molecule has 3 rings (SSSR count). The van der Waals surface area contributed by atoms with E-state index >= 15 is 0 Å². The molecule has 2 aromatic heterocycles. The fraction of sp³-hybridized carbons (Fsp3) is 0.227. The normalized spacial score (nSPS) is 11.0. The second-order valence-electron chi connectivity index (χ2n) is 6.78. The molecule has 2 heterocycles. The van der Waals surface area contributed by atoms with Gasteiger partial charge in [0.15, 0.2) is 5.13 Å². The van der Waals surface area contributed by atoms with Gasteiger partial charge in [0, 0.05) is 22.8 Å². The fourth-order valence-corrected chi connectivity index (χ4v) is 4.71. The van der Waals surface area contributed by atoms with Gasteiger partial charge in [0.2, 0.25) is 11.8 Å². The Bertz CT molecular complexity index is 1080. The van der Waals surface area contributed by atoms with Crippen molar-refractivity contribution in [2.75, 3.05) is 5.32 Å². The molecular weight excluding hydrogens is 402 g/mol. The third-order valence-electron chi connectivity index (χ3n) is 4.27. The minimum atomic E-state index is -0.206. The number of carbonyl (C=O) groups is 2. The molecule has 29 heavy (non-hydrogen) atoms. The van der Waals surface area contributed by atoms with Gasteiger partial charge >= 0.3 is 0 Å². The van der Waals surface area contributed by atoms with Crippen LogP contribution < -0.4 is 10.6 Å². The smallest absolute Gasteiger partial charge is 0.250 e. The first kappa shape index (κ1) is 21.0. The predicted octanol–water partition coefficient (Wildman–Crippen LogP) is 5.08. The van der Waals surface area contributed by atoms with E-state index in [-0.39, 0.29) is 11.8 Å². The van der Waals surface area contributed by atoms with E-state index in [2.05, 4.69) is 21.7 Å². The Morgan fingerprint density at radius 2 is 1.90 bits per heavy atom. The molecule has 0 unspecified atom stereocenters. The van der Waals surface area contributed by atoms with E-state index in [1.54, 1.807) is 11.3 Å². The van der Waals surface area contributed by atoms with Crippen LogP contribution in [0.3, 0.4) is 0 Å². The summed E-state index contributed by atoms with van der Waals surface area (Å²) >= 11 is 3.04. The monoisotopic (exact) mass is 425 g/mol. The van der Waals surface area contributed by atoms with Gasteiger partial charge in [-0.15, -0.1) is 22.7 Å². The minimum absolute atomic E-state index is 0.0522. The van der Waals surface area contributed by atoms with Crippen LogP contribution in [-0.2, 0) is 16.1 Å². The average Bonchev–Trinajstić information content (AvgIpc) is 3.25. The topological polar surface area (TPSA) is 71.1 Å². The van der Waals surface area contributed by atoms with E-state index < -0.39 is 0 Å². The van der Waals surface area contributed by atoms with Gasteiger partial charge < -0.3 is 5.32 Å². The summed E-state index contributed by atoms with van der Waals surface area (Å²) in [5, 5.41) is 6.22. The molecule has 0 saturated carbocycles. The largest absolute Gasteiger partial charge is 0.351 e. The van der Waals surface area contributed by atoms with Crippen LogP contribution in [0.25, 0.3) is 16.6 Å². The van der Waals surface area contributed by atoms with Crippen molar-refractivity contribution in [3.63, 3.8) is 0 Å². The molecule has 0 bridgehead atoms. The average molecular weight is 426 g/mol. The van der Waals surface area contributed by atoms with Crippen LogP contribution in [0.5, 0.6) is 0 Å². The molecule has 2 N–H and O–H groups in total. The molecule has 0 atom stereocenters. The number of amides is 2. The summed E-state index contributed by atoms with van der Waals surface area (Å²) in [5.41, 5.74) is 4.22. The van der Waals surface area contributed by atoms with Gasteiger partial charge in [0.25, 0.3) is 0 Å². The highest BCUT2D eigenvalue weighted by Gasteiger charge is 2.13. The van der Waals surface area contributed by atoms with E-state index in [1.807, 2.05) is 51.1 Å². The van der Waals surface area contributed by atoms with E-state index in [1.165, 1.54) is 29.9 Å². The fourth-order valence-electron chi connectivity index (χ4n) is 2.82. The lowest BCUT2D eigenvalue weighted by molar-refractivity contribution is -0.119. The summed E-state index contributed by atoms with van der Waals surface area (Å²) in [6.45, 7) is 8.08. The first-order valence-corrected chi connectivity index (χ1v) is 10.8. The van der Waals surface area contributed by atoms with Crippen LogP contribution in [0.1, 0.15) is 33.4 Å². The molecule has 2 amide bonds. The summed E-state index contributed by atoms with van der Waals surface area (Å²) in [6, 6.07) is 10.1. The van der Waals surface area contributed by atoms with Crippen molar-refractivity contribution < 1.29 is 9.59 Å². The number of hydrogen-bond acceptors (Lipinski definition) is 5. The summed E-state index contributed by atoms with van der Waals surface area (Å²) in [4.78, 5) is 31.1. The van der Waals surface area contributed by atoms with Crippen LogP contribution in [-0.4, -0.2) is 16.8 Å². The van der Waals surface area contributed by atoms with Crippen molar-refractivity contribution in [1.82, 2.24) is 10.3 Å². The van der Waals surface area contributed by atoms with E-state index in [4.69, 9.17) is 0 Å². The summed E-state index contributed by atoms with van der Waals surface area (Å²) in [5.74, 6) is -0.258. The maximum Gasteiger partial charge on any atom is 0.250 e. The van der Waals surface area contributed by atoms with Gasteiger partial charge in [-0.25, -0.2) is 4.98 Å². The number of rotatable bonds is 6. The summed E-state index contributed by atoms with van der Waals surface area (Å²) < 4.78 is 0. The molecule has 7 heteroatoms. The predicted molar refractivity (Wildman–Crippen MR) is 121 cm³/mol. The number of aryl methyl sites for hydroxylation is 3. The standard InChI is InChI=1S/C22H23N3O2S2/c1-13-5-6-17(14(2)11-13)7-10-20(27)24-22-25-21(15(3)28-22)19-9-8-18(29-19)12-23-16(4)26/h5-11H,12H2,1-4H3,(H,23,26)(H,24,25,27)/b10-7+. The first-order chi connectivity index (χ1) is 13.8. The lowest BCUT2D eigenvalue weighted by Gasteiger charge is -2.01.